The standard InChI is InChI=1S/C10H6ClNOS/c11-4-6-3-7-8(5-12)9(13)1-2-10(7)14-6/h1-3,13H,4H2. The van der Waals surface area contributed by atoms with Crippen LogP contribution < -0.4 is 0 Å². The SMILES string of the molecule is N#Cc1c(O)ccc2sc(CCl)cc12. The molecule has 70 valence electrons. The number of aromatic hydroxyl groups is 1. The quantitative estimate of drug-likeness (QED) is 0.755. The minimum atomic E-state index is 0.0268. The summed E-state index contributed by atoms with van der Waals surface area (Å²) in [5.41, 5.74) is 0.329. The van der Waals surface area contributed by atoms with Crippen molar-refractivity contribution in [3.05, 3.63) is 28.6 Å². The Labute approximate surface area is 90.0 Å². The molecule has 4 heteroatoms. The van der Waals surface area contributed by atoms with Gasteiger partial charge in [0.05, 0.1) is 5.88 Å². The highest BCUT2D eigenvalue weighted by molar-refractivity contribution is 7.19. The number of phenolic OH excluding ortho intramolecular Hbond substituents is 1. The molecule has 2 rings (SSSR count). The van der Waals surface area contributed by atoms with Gasteiger partial charge in [0, 0.05) is 15.0 Å². The first-order valence-corrected chi connectivity index (χ1v) is 5.32. The summed E-state index contributed by atoms with van der Waals surface area (Å²) in [6.07, 6.45) is 0. The molecule has 2 nitrogen and oxygen atoms in total. The molecule has 0 unspecified atom stereocenters. The average Bonchev–Trinajstić information content (AvgIpc) is 2.60. The second-order valence-electron chi connectivity index (χ2n) is 2.83. The second-order valence-corrected chi connectivity index (χ2v) is 4.27. The van der Waals surface area contributed by atoms with Crippen molar-refractivity contribution in [1.82, 2.24) is 0 Å². The molecule has 0 saturated heterocycles. The zero-order valence-electron chi connectivity index (χ0n) is 7.12. The molecule has 0 aliphatic carbocycles. The van der Waals surface area contributed by atoms with Crippen LogP contribution in [0.3, 0.4) is 0 Å². The van der Waals surface area contributed by atoms with Crippen molar-refractivity contribution in [3.63, 3.8) is 0 Å². The number of rotatable bonds is 1. The van der Waals surface area contributed by atoms with Gasteiger partial charge >= 0.3 is 0 Å². The molecule has 0 atom stereocenters. The summed E-state index contributed by atoms with van der Waals surface area (Å²) in [4.78, 5) is 1.00. The predicted molar refractivity (Wildman–Crippen MR) is 57.8 cm³/mol. The fourth-order valence-corrected chi connectivity index (χ4v) is 2.50. The molecule has 1 aromatic heterocycles. The zero-order valence-corrected chi connectivity index (χ0v) is 8.69. The summed E-state index contributed by atoms with van der Waals surface area (Å²) >= 11 is 7.24. The number of fused-ring (bicyclic) bond motifs is 1. The molecule has 0 bridgehead atoms. The normalized spacial score (nSPS) is 10.3. The maximum Gasteiger partial charge on any atom is 0.134 e. The van der Waals surface area contributed by atoms with Crippen molar-refractivity contribution in [2.45, 2.75) is 5.88 Å². The smallest absolute Gasteiger partial charge is 0.134 e. The van der Waals surface area contributed by atoms with E-state index < -0.39 is 0 Å². The molecule has 2 aromatic rings. The van der Waals surface area contributed by atoms with Gasteiger partial charge in [-0.15, -0.1) is 22.9 Å². The van der Waals surface area contributed by atoms with Crippen molar-refractivity contribution in [1.29, 1.82) is 5.26 Å². The molecule has 14 heavy (non-hydrogen) atoms. The second kappa shape index (κ2) is 3.49. The first kappa shape index (κ1) is 9.32. The summed E-state index contributed by atoms with van der Waals surface area (Å²) in [7, 11) is 0. The number of halogens is 1. The van der Waals surface area contributed by atoms with Crippen molar-refractivity contribution >= 4 is 33.0 Å². The molecule has 0 amide bonds. The lowest BCUT2D eigenvalue weighted by Gasteiger charge is -1.95. The van der Waals surface area contributed by atoms with E-state index in [-0.39, 0.29) is 5.75 Å². The van der Waals surface area contributed by atoms with Gasteiger partial charge in [0.2, 0.25) is 0 Å². The lowest BCUT2D eigenvalue weighted by molar-refractivity contribution is 0.474. The van der Waals surface area contributed by atoms with E-state index in [1.54, 1.807) is 17.4 Å². The number of alkyl halides is 1. The number of phenols is 1. The monoisotopic (exact) mass is 223 g/mol. The zero-order chi connectivity index (χ0) is 10.1. The Balaban J connectivity index is 2.81. The minimum Gasteiger partial charge on any atom is -0.507 e. The van der Waals surface area contributed by atoms with Crippen molar-refractivity contribution < 1.29 is 5.11 Å². The lowest BCUT2D eigenvalue weighted by atomic mass is 10.1. The third kappa shape index (κ3) is 1.33. The molecule has 1 heterocycles. The van der Waals surface area contributed by atoms with Gasteiger partial charge in [0.1, 0.15) is 17.4 Å². The molecule has 0 radical (unpaired) electrons. The average molecular weight is 224 g/mol. The van der Waals surface area contributed by atoms with Gasteiger partial charge in [-0.25, -0.2) is 0 Å². The van der Waals surface area contributed by atoms with Gasteiger partial charge in [-0.2, -0.15) is 5.26 Å². The largest absolute Gasteiger partial charge is 0.507 e. The maximum absolute atomic E-state index is 9.44. The summed E-state index contributed by atoms with van der Waals surface area (Å²) in [5.74, 6) is 0.462. The van der Waals surface area contributed by atoms with Gasteiger partial charge in [0.15, 0.2) is 0 Å². The molecule has 0 saturated carbocycles. The fraction of sp³-hybridized carbons (Fsp3) is 0.100. The first-order valence-electron chi connectivity index (χ1n) is 3.96. The van der Waals surface area contributed by atoms with E-state index in [0.717, 1.165) is 15.0 Å². The van der Waals surface area contributed by atoms with Gasteiger partial charge in [-0.3, -0.25) is 0 Å². The van der Waals surface area contributed by atoms with Crippen molar-refractivity contribution in [3.8, 4) is 11.8 Å². The number of hydrogen-bond donors (Lipinski definition) is 1. The Bertz CT molecular complexity index is 527. The fourth-order valence-electron chi connectivity index (χ4n) is 1.34. The summed E-state index contributed by atoms with van der Waals surface area (Å²) in [5, 5.41) is 19.1. The van der Waals surface area contributed by atoms with Crippen molar-refractivity contribution in [2.24, 2.45) is 0 Å². The van der Waals surface area contributed by atoms with Gasteiger partial charge in [-0.05, 0) is 18.2 Å². The van der Waals surface area contributed by atoms with Crippen LogP contribution in [0.4, 0.5) is 0 Å². The topological polar surface area (TPSA) is 44.0 Å². The third-order valence-electron chi connectivity index (χ3n) is 1.97. The van der Waals surface area contributed by atoms with Crippen LogP contribution in [0, 0.1) is 11.3 Å². The van der Waals surface area contributed by atoms with E-state index in [0.29, 0.717) is 11.4 Å². The Hall–Kier alpha value is -1.24. The van der Waals surface area contributed by atoms with Crippen LogP contribution in [-0.2, 0) is 5.88 Å². The molecule has 0 spiro atoms. The van der Waals surface area contributed by atoms with Gasteiger partial charge in [-0.1, -0.05) is 0 Å². The summed E-state index contributed by atoms with van der Waals surface area (Å²) in [6.45, 7) is 0. The molecule has 1 aromatic carbocycles. The number of hydrogen-bond acceptors (Lipinski definition) is 3. The number of benzene rings is 1. The van der Waals surface area contributed by atoms with Gasteiger partial charge < -0.3 is 5.11 Å². The van der Waals surface area contributed by atoms with Crippen molar-refractivity contribution in [2.75, 3.05) is 0 Å². The molecule has 0 aliphatic heterocycles. The van der Waals surface area contributed by atoms with E-state index >= 15 is 0 Å². The Kier molecular flexibility index (Phi) is 2.32. The number of thiophene rings is 1. The maximum atomic E-state index is 9.44. The molecule has 0 fully saturated rings. The van der Waals surface area contributed by atoms with Crippen LogP contribution in [-0.4, -0.2) is 5.11 Å². The van der Waals surface area contributed by atoms with Crippen LogP contribution in [0.5, 0.6) is 5.75 Å². The van der Waals surface area contributed by atoms with E-state index in [4.69, 9.17) is 16.9 Å². The first-order chi connectivity index (χ1) is 6.76. The highest BCUT2D eigenvalue weighted by Crippen LogP contribution is 2.33. The molecule has 0 aliphatic rings. The minimum absolute atomic E-state index is 0.0268. The lowest BCUT2D eigenvalue weighted by Crippen LogP contribution is -1.76. The highest BCUT2D eigenvalue weighted by atomic mass is 35.5. The Morgan fingerprint density at radius 3 is 2.93 bits per heavy atom. The van der Waals surface area contributed by atoms with E-state index in [1.165, 1.54) is 6.07 Å². The summed E-state index contributed by atoms with van der Waals surface area (Å²) < 4.78 is 0.981. The summed E-state index contributed by atoms with van der Waals surface area (Å²) in [6, 6.07) is 7.18. The Morgan fingerprint density at radius 2 is 2.29 bits per heavy atom. The van der Waals surface area contributed by atoms with Crippen LogP contribution in [0.2, 0.25) is 0 Å². The Morgan fingerprint density at radius 1 is 1.50 bits per heavy atom. The van der Waals surface area contributed by atoms with Crippen LogP contribution >= 0.6 is 22.9 Å². The highest BCUT2D eigenvalue weighted by Gasteiger charge is 2.09. The van der Waals surface area contributed by atoms with Crippen LogP contribution in [0.15, 0.2) is 18.2 Å². The number of nitrogens with zero attached hydrogens (tertiary/aromatic N) is 1. The predicted octanol–water partition coefficient (Wildman–Crippen LogP) is 3.22. The molecular formula is C10H6ClNOS. The van der Waals surface area contributed by atoms with E-state index in [2.05, 4.69) is 0 Å². The van der Waals surface area contributed by atoms with E-state index in [1.807, 2.05) is 12.1 Å². The van der Waals surface area contributed by atoms with Gasteiger partial charge in [0.25, 0.3) is 0 Å². The molecular weight excluding hydrogens is 218 g/mol. The van der Waals surface area contributed by atoms with E-state index in [9.17, 15) is 5.11 Å². The number of nitriles is 1. The van der Waals surface area contributed by atoms with Crippen LogP contribution in [0.1, 0.15) is 10.4 Å². The van der Waals surface area contributed by atoms with Crippen LogP contribution in [0.25, 0.3) is 10.1 Å². The molecule has 1 N–H and O–H groups in total. The third-order valence-corrected chi connectivity index (χ3v) is 3.52.